The minimum Gasteiger partial charge on any atom is -0.348 e. The van der Waals surface area contributed by atoms with E-state index in [0.717, 1.165) is 30.6 Å². The molecule has 23 heavy (non-hydrogen) atoms. The Bertz CT molecular complexity index is 687. The number of carbonyl (C=O) groups excluding carboxylic acids is 1. The number of hydrogen-bond donors (Lipinski definition) is 1. The van der Waals surface area contributed by atoms with E-state index in [9.17, 15) is 4.79 Å². The summed E-state index contributed by atoms with van der Waals surface area (Å²) in [5.74, 6) is -0.0118. The minimum absolute atomic E-state index is 0.0118. The van der Waals surface area contributed by atoms with Crippen molar-refractivity contribution in [1.29, 1.82) is 0 Å². The van der Waals surface area contributed by atoms with Gasteiger partial charge in [-0.25, -0.2) is 4.98 Å². The largest absolute Gasteiger partial charge is 0.348 e. The average molecular weight is 334 g/mol. The molecular formula is C18H24ClN3O. The molecule has 2 aromatic heterocycles. The van der Waals surface area contributed by atoms with Gasteiger partial charge in [0.15, 0.2) is 0 Å². The molecule has 2 aromatic rings. The summed E-state index contributed by atoms with van der Waals surface area (Å²) in [6.45, 7) is 2.02. The number of nitrogens with one attached hydrogen (secondary N) is 1. The highest BCUT2D eigenvalue weighted by Crippen LogP contribution is 2.20. The van der Waals surface area contributed by atoms with Gasteiger partial charge >= 0.3 is 0 Å². The highest BCUT2D eigenvalue weighted by molar-refractivity contribution is 6.30. The number of pyridine rings is 1. The van der Waals surface area contributed by atoms with Crippen molar-refractivity contribution in [2.75, 3.05) is 0 Å². The molecule has 0 bridgehead atoms. The first kappa shape index (κ1) is 16.3. The maximum atomic E-state index is 12.8. The van der Waals surface area contributed by atoms with E-state index in [1.54, 1.807) is 12.1 Å². The van der Waals surface area contributed by atoms with Crippen molar-refractivity contribution in [3.05, 3.63) is 34.7 Å². The fraction of sp³-hybridized carbons (Fsp3) is 0.556. The standard InChI is InChI=1S/C18H24ClN3O/c1-2-15-17(22-11-10-13(19)12-16(22)21-15)18(23)20-14-8-6-4-3-5-7-9-14/h10-12,14H,2-9H2,1H3,(H,20,23). The third-order valence-corrected chi connectivity index (χ3v) is 4.89. The predicted octanol–water partition coefficient (Wildman–Crippen LogP) is 4.39. The molecule has 0 radical (unpaired) electrons. The maximum absolute atomic E-state index is 12.8. The Morgan fingerprint density at radius 3 is 2.70 bits per heavy atom. The van der Waals surface area contributed by atoms with Gasteiger partial charge in [-0.15, -0.1) is 0 Å². The summed E-state index contributed by atoms with van der Waals surface area (Å²) < 4.78 is 1.85. The number of rotatable bonds is 3. The Balaban J connectivity index is 1.84. The number of halogens is 1. The Hall–Kier alpha value is -1.55. The number of aromatic nitrogens is 2. The van der Waals surface area contributed by atoms with Crippen LogP contribution in [0.15, 0.2) is 18.3 Å². The molecule has 0 aromatic carbocycles. The van der Waals surface area contributed by atoms with Crippen LogP contribution in [0.2, 0.25) is 5.02 Å². The second kappa shape index (κ2) is 7.35. The van der Waals surface area contributed by atoms with Gasteiger partial charge in [-0.1, -0.05) is 50.6 Å². The van der Waals surface area contributed by atoms with E-state index in [2.05, 4.69) is 10.3 Å². The lowest BCUT2D eigenvalue weighted by atomic mass is 9.96. The monoisotopic (exact) mass is 333 g/mol. The lowest BCUT2D eigenvalue weighted by Gasteiger charge is -2.21. The quantitative estimate of drug-likeness (QED) is 0.905. The number of amides is 1. The van der Waals surface area contributed by atoms with Crippen LogP contribution in [0.1, 0.15) is 68.1 Å². The van der Waals surface area contributed by atoms with E-state index in [4.69, 9.17) is 11.6 Å². The fourth-order valence-corrected chi connectivity index (χ4v) is 3.56. The molecule has 0 spiro atoms. The number of fused-ring (bicyclic) bond motifs is 1. The number of nitrogens with zero attached hydrogens (tertiary/aromatic N) is 2. The molecule has 0 unspecified atom stereocenters. The zero-order valence-electron chi connectivity index (χ0n) is 13.6. The molecule has 0 saturated heterocycles. The Morgan fingerprint density at radius 2 is 2.00 bits per heavy atom. The van der Waals surface area contributed by atoms with Crippen molar-refractivity contribution < 1.29 is 4.79 Å². The number of imidazole rings is 1. The number of carbonyl (C=O) groups is 1. The van der Waals surface area contributed by atoms with Crippen molar-refractivity contribution in [2.45, 2.75) is 64.3 Å². The summed E-state index contributed by atoms with van der Waals surface area (Å²) in [7, 11) is 0. The molecule has 1 fully saturated rings. The molecule has 124 valence electrons. The van der Waals surface area contributed by atoms with Crippen LogP contribution in [-0.2, 0) is 6.42 Å². The van der Waals surface area contributed by atoms with Gasteiger partial charge in [-0.2, -0.15) is 0 Å². The first-order valence-corrected chi connectivity index (χ1v) is 9.04. The van der Waals surface area contributed by atoms with Crippen molar-refractivity contribution in [3.8, 4) is 0 Å². The van der Waals surface area contributed by atoms with Gasteiger partial charge in [0.05, 0.1) is 5.69 Å². The van der Waals surface area contributed by atoms with Crippen LogP contribution in [0.4, 0.5) is 0 Å². The van der Waals surface area contributed by atoms with Crippen molar-refractivity contribution in [2.24, 2.45) is 0 Å². The van der Waals surface area contributed by atoms with Crippen molar-refractivity contribution >= 4 is 23.2 Å². The molecule has 4 nitrogen and oxygen atoms in total. The summed E-state index contributed by atoms with van der Waals surface area (Å²) in [5, 5.41) is 3.87. The summed E-state index contributed by atoms with van der Waals surface area (Å²) in [6, 6.07) is 3.88. The van der Waals surface area contributed by atoms with Gasteiger partial charge in [-0.05, 0) is 25.3 Å². The molecule has 0 atom stereocenters. The molecule has 1 N–H and O–H groups in total. The predicted molar refractivity (Wildman–Crippen MR) is 93.2 cm³/mol. The van der Waals surface area contributed by atoms with Crippen LogP contribution in [0.3, 0.4) is 0 Å². The third kappa shape index (κ3) is 3.69. The maximum Gasteiger partial charge on any atom is 0.270 e. The van der Waals surface area contributed by atoms with Gasteiger partial charge in [-0.3, -0.25) is 9.20 Å². The fourth-order valence-electron chi connectivity index (χ4n) is 3.41. The Morgan fingerprint density at radius 1 is 1.30 bits per heavy atom. The van der Waals surface area contributed by atoms with Crippen LogP contribution in [-0.4, -0.2) is 21.3 Å². The smallest absolute Gasteiger partial charge is 0.270 e. The Labute approximate surface area is 142 Å². The summed E-state index contributed by atoms with van der Waals surface area (Å²) in [5.41, 5.74) is 2.22. The van der Waals surface area contributed by atoms with E-state index in [1.165, 1.54) is 32.1 Å². The van der Waals surface area contributed by atoms with Crippen LogP contribution >= 0.6 is 11.6 Å². The van der Waals surface area contributed by atoms with E-state index in [0.29, 0.717) is 10.7 Å². The zero-order valence-corrected chi connectivity index (χ0v) is 14.4. The van der Waals surface area contributed by atoms with Crippen LogP contribution < -0.4 is 5.32 Å². The van der Waals surface area contributed by atoms with Gasteiger partial charge in [0.25, 0.3) is 5.91 Å². The van der Waals surface area contributed by atoms with Gasteiger partial charge in [0.2, 0.25) is 0 Å². The second-order valence-corrected chi connectivity index (χ2v) is 6.79. The SMILES string of the molecule is CCc1nc2cc(Cl)ccn2c1C(=O)NC1CCCCCCC1. The lowest BCUT2D eigenvalue weighted by molar-refractivity contribution is 0.0923. The second-order valence-electron chi connectivity index (χ2n) is 6.35. The van der Waals surface area contributed by atoms with Crippen molar-refractivity contribution in [3.63, 3.8) is 0 Å². The summed E-state index contributed by atoms with van der Waals surface area (Å²) >= 11 is 6.04. The first-order chi connectivity index (χ1) is 11.2. The van der Waals surface area contributed by atoms with E-state index >= 15 is 0 Å². The molecule has 3 rings (SSSR count). The molecule has 5 heteroatoms. The summed E-state index contributed by atoms with van der Waals surface area (Å²) in [6.07, 6.45) is 11.0. The van der Waals surface area contributed by atoms with Crippen LogP contribution in [0.5, 0.6) is 0 Å². The number of aryl methyl sites for hydroxylation is 1. The topological polar surface area (TPSA) is 46.4 Å². The lowest BCUT2D eigenvalue weighted by Crippen LogP contribution is -2.36. The normalized spacial score (nSPS) is 17.0. The number of hydrogen-bond acceptors (Lipinski definition) is 2. The first-order valence-electron chi connectivity index (χ1n) is 8.66. The average Bonchev–Trinajstić information content (AvgIpc) is 2.87. The van der Waals surface area contributed by atoms with E-state index < -0.39 is 0 Å². The third-order valence-electron chi connectivity index (χ3n) is 4.65. The minimum atomic E-state index is -0.0118. The molecule has 0 aliphatic heterocycles. The van der Waals surface area contributed by atoms with E-state index in [-0.39, 0.29) is 11.9 Å². The Kier molecular flexibility index (Phi) is 5.21. The zero-order chi connectivity index (χ0) is 16.2. The molecule has 1 amide bonds. The van der Waals surface area contributed by atoms with Crippen LogP contribution in [0, 0.1) is 0 Å². The molecule has 1 saturated carbocycles. The van der Waals surface area contributed by atoms with E-state index in [1.807, 2.05) is 17.5 Å². The summed E-state index contributed by atoms with van der Waals surface area (Å²) in [4.78, 5) is 17.4. The highest BCUT2D eigenvalue weighted by Gasteiger charge is 2.21. The highest BCUT2D eigenvalue weighted by atomic mass is 35.5. The van der Waals surface area contributed by atoms with Gasteiger partial charge < -0.3 is 5.32 Å². The molecule has 2 heterocycles. The van der Waals surface area contributed by atoms with Crippen molar-refractivity contribution in [1.82, 2.24) is 14.7 Å². The molecule has 1 aliphatic carbocycles. The van der Waals surface area contributed by atoms with Crippen LogP contribution in [0.25, 0.3) is 5.65 Å². The molecular weight excluding hydrogens is 310 g/mol. The van der Waals surface area contributed by atoms with Gasteiger partial charge in [0.1, 0.15) is 11.3 Å². The molecule has 1 aliphatic rings. The van der Waals surface area contributed by atoms with Gasteiger partial charge in [0, 0.05) is 23.3 Å².